The number of phenolic OH excluding ortho intramolecular Hbond substituents is 2. The molecular weight excluding hydrogens is 303 g/mol. The van der Waals surface area contributed by atoms with Gasteiger partial charge in [-0.3, -0.25) is 0 Å². The zero-order valence-corrected chi connectivity index (χ0v) is 12.1. The van der Waals surface area contributed by atoms with Crippen molar-refractivity contribution in [3.8, 4) is 11.5 Å². The lowest BCUT2D eigenvalue weighted by Crippen LogP contribution is -1.88. The maximum Gasteiger partial charge on any atom is 0.138 e. The number of benzene rings is 2. The van der Waals surface area contributed by atoms with Crippen molar-refractivity contribution in [2.45, 2.75) is 0 Å². The van der Waals surface area contributed by atoms with Crippen molar-refractivity contribution < 1.29 is 10.2 Å². The Bertz CT molecular complexity index is 503. The van der Waals surface area contributed by atoms with Crippen LogP contribution in [-0.2, 0) is 0 Å². The van der Waals surface area contributed by atoms with E-state index < -0.39 is 0 Å². The average molecular weight is 321 g/mol. The van der Waals surface area contributed by atoms with Crippen LogP contribution in [0.25, 0.3) is 0 Å². The Morgan fingerprint density at radius 3 is 1.10 bits per heavy atom. The first kappa shape index (κ1) is 20.1. The van der Waals surface area contributed by atoms with Gasteiger partial charge in [-0.1, -0.05) is 0 Å². The monoisotopic (exact) mass is 320 g/mol. The van der Waals surface area contributed by atoms with Gasteiger partial charge in [0.25, 0.3) is 0 Å². The number of nitrogens with two attached hydrogens (primary N) is 4. The van der Waals surface area contributed by atoms with E-state index in [2.05, 4.69) is 0 Å². The number of anilines is 4. The molecule has 0 atom stereocenters. The van der Waals surface area contributed by atoms with E-state index in [1.54, 1.807) is 12.1 Å². The molecule has 0 heterocycles. The fraction of sp³-hybridized carbons (Fsp3) is 0. The minimum Gasteiger partial charge on any atom is -0.506 e. The summed E-state index contributed by atoms with van der Waals surface area (Å²) >= 11 is 0. The standard InChI is InChI=1S/2C6H8N2O.2ClH/c2*7-4-1-2-6(9)5(8)3-4;;/h2*1-3,9H,7-8H2;2*1H. The third-order valence-electron chi connectivity index (χ3n) is 2.10. The molecule has 0 fully saturated rings. The number of halogens is 2. The van der Waals surface area contributed by atoms with Crippen molar-refractivity contribution in [3.05, 3.63) is 36.4 Å². The topological polar surface area (TPSA) is 145 Å². The second kappa shape index (κ2) is 8.84. The molecule has 2 aromatic rings. The first-order valence-electron chi connectivity index (χ1n) is 5.08. The fourth-order valence-corrected chi connectivity index (χ4v) is 1.15. The molecule has 6 nitrogen and oxygen atoms in total. The molecule has 2 rings (SSSR count). The molecule has 0 aromatic heterocycles. The van der Waals surface area contributed by atoms with Gasteiger partial charge in [-0.25, -0.2) is 0 Å². The molecule has 0 saturated heterocycles. The second-order valence-corrected chi connectivity index (χ2v) is 3.64. The lowest BCUT2D eigenvalue weighted by Gasteiger charge is -1.97. The SMILES string of the molecule is Cl.Cl.Nc1ccc(O)c(N)c1.Nc1ccc(O)c(N)c1. The Morgan fingerprint density at radius 1 is 0.600 bits per heavy atom. The highest BCUT2D eigenvalue weighted by atomic mass is 35.5. The molecule has 8 heteroatoms. The molecular formula is C12H18Cl2N4O2. The van der Waals surface area contributed by atoms with Crippen molar-refractivity contribution >= 4 is 47.6 Å². The molecule has 2 aromatic carbocycles. The zero-order valence-electron chi connectivity index (χ0n) is 10.5. The summed E-state index contributed by atoms with van der Waals surface area (Å²) < 4.78 is 0. The Kier molecular flexibility index (Phi) is 8.91. The summed E-state index contributed by atoms with van der Waals surface area (Å²) in [6, 6.07) is 9.12. The minimum atomic E-state index is 0. The van der Waals surface area contributed by atoms with Gasteiger partial charge in [-0.05, 0) is 36.4 Å². The highest BCUT2D eigenvalue weighted by Crippen LogP contribution is 2.21. The molecule has 20 heavy (non-hydrogen) atoms. The highest BCUT2D eigenvalue weighted by molar-refractivity contribution is 5.85. The normalized spacial score (nSPS) is 8.40. The molecule has 0 aliphatic rings. The van der Waals surface area contributed by atoms with Gasteiger partial charge in [0.15, 0.2) is 0 Å². The maximum atomic E-state index is 8.86. The smallest absolute Gasteiger partial charge is 0.138 e. The summed E-state index contributed by atoms with van der Waals surface area (Å²) in [4.78, 5) is 0. The Hall–Kier alpha value is -2.18. The van der Waals surface area contributed by atoms with Crippen molar-refractivity contribution in [1.82, 2.24) is 0 Å². The fourth-order valence-electron chi connectivity index (χ4n) is 1.15. The molecule has 0 aliphatic carbocycles. The van der Waals surface area contributed by atoms with Crippen LogP contribution in [0.15, 0.2) is 36.4 Å². The summed E-state index contributed by atoms with van der Waals surface area (Å²) in [5, 5.41) is 17.7. The van der Waals surface area contributed by atoms with E-state index in [4.69, 9.17) is 33.1 Å². The van der Waals surface area contributed by atoms with E-state index in [-0.39, 0.29) is 36.3 Å². The van der Waals surface area contributed by atoms with Crippen molar-refractivity contribution in [2.75, 3.05) is 22.9 Å². The van der Waals surface area contributed by atoms with Crippen LogP contribution in [0.1, 0.15) is 0 Å². The van der Waals surface area contributed by atoms with E-state index in [9.17, 15) is 0 Å². The lowest BCUT2D eigenvalue weighted by atomic mass is 10.3. The van der Waals surface area contributed by atoms with Gasteiger partial charge < -0.3 is 33.1 Å². The van der Waals surface area contributed by atoms with Gasteiger partial charge in [-0.2, -0.15) is 0 Å². The molecule has 0 aliphatic heterocycles. The number of aromatic hydroxyl groups is 2. The van der Waals surface area contributed by atoms with Crippen LogP contribution in [0.5, 0.6) is 11.5 Å². The third-order valence-corrected chi connectivity index (χ3v) is 2.10. The van der Waals surface area contributed by atoms with Gasteiger partial charge in [0, 0.05) is 11.4 Å². The number of hydrogen-bond acceptors (Lipinski definition) is 6. The van der Waals surface area contributed by atoms with E-state index in [1.165, 1.54) is 24.3 Å². The van der Waals surface area contributed by atoms with Gasteiger partial charge in [-0.15, -0.1) is 24.8 Å². The quantitative estimate of drug-likeness (QED) is 0.248. The lowest BCUT2D eigenvalue weighted by molar-refractivity contribution is 0.477. The Labute approximate surface area is 129 Å². The number of nitrogen functional groups attached to an aromatic ring is 4. The van der Waals surface area contributed by atoms with Crippen LogP contribution >= 0.6 is 24.8 Å². The maximum absolute atomic E-state index is 8.86. The van der Waals surface area contributed by atoms with Crippen LogP contribution in [0, 0.1) is 0 Å². The summed E-state index contributed by atoms with van der Waals surface area (Å²) in [6.45, 7) is 0. The third kappa shape index (κ3) is 6.12. The van der Waals surface area contributed by atoms with Crippen LogP contribution in [-0.4, -0.2) is 10.2 Å². The van der Waals surface area contributed by atoms with E-state index in [0.717, 1.165) is 0 Å². The molecule has 0 spiro atoms. The van der Waals surface area contributed by atoms with Crippen LogP contribution in [0.4, 0.5) is 22.7 Å². The summed E-state index contributed by atoms with van der Waals surface area (Å²) in [5.74, 6) is 0.147. The molecule has 0 unspecified atom stereocenters. The van der Waals surface area contributed by atoms with Gasteiger partial charge in [0.1, 0.15) is 11.5 Å². The largest absolute Gasteiger partial charge is 0.506 e. The van der Waals surface area contributed by atoms with Gasteiger partial charge in [0.05, 0.1) is 11.4 Å². The van der Waals surface area contributed by atoms with Crippen molar-refractivity contribution in [2.24, 2.45) is 0 Å². The van der Waals surface area contributed by atoms with Crippen LogP contribution in [0.2, 0.25) is 0 Å². The molecule has 0 radical (unpaired) electrons. The van der Waals surface area contributed by atoms with Crippen LogP contribution < -0.4 is 22.9 Å². The van der Waals surface area contributed by atoms with Gasteiger partial charge >= 0.3 is 0 Å². The Morgan fingerprint density at radius 2 is 0.900 bits per heavy atom. The molecule has 0 bridgehead atoms. The average Bonchev–Trinajstić information content (AvgIpc) is 2.30. The van der Waals surface area contributed by atoms with Crippen molar-refractivity contribution in [3.63, 3.8) is 0 Å². The number of hydrogen-bond donors (Lipinski definition) is 6. The predicted molar refractivity (Wildman–Crippen MR) is 88.4 cm³/mol. The summed E-state index contributed by atoms with van der Waals surface area (Å²) in [5.41, 5.74) is 23.0. The van der Waals surface area contributed by atoms with E-state index >= 15 is 0 Å². The second-order valence-electron chi connectivity index (χ2n) is 3.64. The van der Waals surface area contributed by atoms with E-state index in [1.807, 2.05) is 0 Å². The summed E-state index contributed by atoms with van der Waals surface area (Å²) in [7, 11) is 0. The van der Waals surface area contributed by atoms with E-state index in [0.29, 0.717) is 22.7 Å². The zero-order chi connectivity index (χ0) is 13.7. The van der Waals surface area contributed by atoms with Crippen molar-refractivity contribution in [1.29, 1.82) is 0 Å². The van der Waals surface area contributed by atoms with Crippen LogP contribution in [0.3, 0.4) is 0 Å². The first-order chi connectivity index (χ1) is 8.40. The predicted octanol–water partition coefficient (Wildman–Crippen LogP) is 1.96. The van der Waals surface area contributed by atoms with Gasteiger partial charge in [0.2, 0.25) is 0 Å². The minimum absolute atomic E-state index is 0. The highest BCUT2D eigenvalue weighted by Gasteiger charge is 1.93. The Balaban J connectivity index is 0. The molecule has 0 amide bonds. The molecule has 112 valence electrons. The molecule has 0 saturated carbocycles. The number of rotatable bonds is 0. The number of phenols is 2. The first-order valence-corrected chi connectivity index (χ1v) is 5.08. The summed E-state index contributed by atoms with van der Waals surface area (Å²) in [6.07, 6.45) is 0. The molecule has 10 N–H and O–H groups in total.